The van der Waals surface area contributed by atoms with E-state index in [1.807, 2.05) is 0 Å². The molecule has 1 N–H and O–H groups in total. The van der Waals surface area contributed by atoms with Crippen molar-refractivity contribution in [2.45, 2.75) is 70.6 Å². The maximum absolute atomic E-state index is 14.4. The number of halogens is 2. The number of aliphatic hydroxyl groups is 1. The van der Waals surface area contributed by atoms with Crippen LogP contribution < -0.4 is 0 Å². The quantitative estimate of drug-likeness (QED) is 0.758. The Morgan fingerprint density at radius 3 is 2.68 bits per heavy atom. The van der Waals surface area contributed by atoms with E-state index >= 15 is 0 Å². The minimum Gasteiger partial charge on any atom is -0.392 e. The first kappa shape index (κ1) is 18.5. The highest BCUT2D eigenvalue weighted by molar-refractivity contribution is 9.10. The van der Waals surface area contributed by atoms with Crippen LogP contribution in [0.5, 0.6) is 0 Å². The number of rotatable bonds is 6. The van der Waals surface area contributed by atoms with E-state index in [1.165, 1.54) is 6.07 Å². The van der Waals surface area contributed by atoms with E-state index in [2.05, 4.69) is 22.9 Å². The fraction of sp³-hybridized carbons (Fsp3) is 0.579. The van der Waals surface area contributed by atoms with Crippen LogP contribution >= 0.6 is 15.9 Å². The zero-order chi connectivity index (χ0) is 18.0. The topological polar surface area (TPSA) is 52.9 Å². The van der Waals surface area contributed by atoms with Crippen LogP contribution in [0.1, 0.15) is 63.0 Å². The highest BCUT2D eigenvalue weighted by Gasteiger charge is 2.49. The molecule has 1 aliphatic carbocycles. The normalized spacial score (nSPS) is 19.1. The number of unbranched alkanes of at least 4 members (excludes halogenated alkanes) is 1. The molecule has 25 heavy (non-hydrogen) atoms. The van der Waals surface area contributed by atoms with Crippen molar-refractivity contribution in [1.82, 2.24) is 4.90 Å². The molecule has 4 nitrogen and oxygen atoms in total. The van der Waals surface area contributed by atoms with Crippen molar-refractivity contribution in [3.05, 3.63) is 33.5 Å². The standard InChI is InChI=1S/C19H24BrFN2O2/c1-2-3-6-17-22-19(7-4-5-8-19)18(25)23(17)11-13-9-14(12-24)15(20)10-16(13)21/h9-10,24H,2-8,11-12H2,1H3. The number of hydrogen-bond acceptors (Lipinski definition) is 3. The van der Waals surface area contributed by atoms with Crippen LogP contribution in [0, 0.1) is 5.82 Å². The second-order valence-electron chi connectivity index (χ2n) is 6.95. The molecule has 0 atom stereocenters. The summed E-state index contributed by atoms with van der Waals surface area (Å²) in [6.07, 6.45) is 6.36. The Morgan fingerprint density at radius 1 is 1.32 bits per heavy atom. The first-order valence-electron chi connectivity index (χ1n) is 8.99. The number of aliphatic imine (C=N–C) groups is 1. The Balaban J connectivity index is 1.89. The number of aliphatic hydroxyl groups excluding tert-OH is 1. The summed E-state index contributed by atoms with van der Waals surface area (Å²) in [5, 5.41) is 9.43. The van der Waals surface area contributed by atoms with Gasteiger partial charge in [0.15, 0.2) is 0 Å². The fourth-order valence-corrected chi connectivity index (χ4v) is 4.20. The number of amides is 1. The zero-order valence-electron chi connectivity index (χ0n) is 14.5. The van der Waals surface area contributed by atoms with Crippen molar-refractivity contribution in [1.29, 1.82) is 0 Å². The number of nitrogens with zero attached hydrogens (tertiary/aromatic N) is 2. The molecule has 1 saturated carbocycles. The lowest BCUT2D eigenvalue weighted by Crippen LogP contribution is -2.40. The van der Waals surface area contributed by atoms with E-state index in [0.29, 0.717) is 15.6 Å². The molecule has 1 amide bonds. The van der Waals surface area contributed by atoms with Gasteiger partial charge in [0.2, 0.25) is 0 Å². The molecule has 1 aliphatic heterocycles. The maximum atomic E-state index is 14.4. The fourth-order valence-electron chi connectivity index (χ4n) is 3.76. The van der Waals surface area contributed by atoms with Crippen LogP contribution in [-0.2, 0) is 17.9 Å². The Labute approximate surface area is 156 Å². The minimum atomic E-state index is -0.602. The van der Waals surface area contributed by atoms with Crippen molar-refractivity contribution >= 4 is 27.7 Å². The summed E-state index contributed by atoms with van der Waals surface area (Å²) in [4.78, 5) is 19.6. The number of carbonyl (C=O) groups excluding carboxylic acids is 1. The Hall–Kier alpha value is -1.27. The molecular weight excluding hydrogens is 387 g/mol. The van der Waals surface area contributed by atoms with Gasteiger partial charge in [-0.05, 0) is 37.0 Å². The molecular formula is C19H24BrFN2O2. The van der Waals surface area contributed by atoms with E-state index in [4.69, 9.17) is 4.99 Å². The van der Waals surface area contributed by atoms with Crippen molar-refractivity contribution < 1.29 is 14.3 Å². The Kier molecular flexibility index (Phi) is 5.58. The molecule has 1 fully saturated rings. The third kappa shape index (κ3) is 3.51. The van der Waals surface area contributed by atoms with Gasteiger partial charge >= 0.3 is 0 Å². The van der Waals surface area contributed by atoms with Crippen molar-refractivity contribution in [2.24, 2.45) is 4.99 Å². The van der Waals surface area contributed by atoms with Gasteiger partial charge in [-0.1, -0.05) is 42.1 Å². The first-order valence-corrected chi connectivity index (χ1v) is 9.78. The lowest BCUT2D eigenvalue weighted by Gasteiger charge is -2.23. The molecule has 0 bridgehead atoms. The van der Waals surface area contributed by atoms with Gasteiger partial charge in [0.25, 0.3) is 5.91 Å². The molecule has 1 aromatic rings. The average Bonchev–Trinajstić information content (AvgIpc) is 3.16. The third-order valence-electron chi connectivity index (χ3n) is 5.20. The lowest BCUT2D eigenvalue weighted by molar-refractivity contribution is -0.131. The van der Waals surface area contributed by atoms with E-state index < -0.39 is 5.54 Å². The van der Waals surface area contributed by atoms with E-state index in [1.54, 1.807) is 11.0 Å². The number of hydrogen-bond donors (Lipinski definition) is 1. The van der Waals surface area contributed by atoms with Gasteiger partial charge in [-0.15, -0.1) is 0 Å². The number of amidine groups is 1. The zero-order valence-corrected chi connectivity index (χ0v) is 16.1. The van der Waals surface area contributed by atoms with Crippen LogP contribution in [-0.4, -0.2) is 27.3 Å². The predicted octanol–water partition coefficient (Wildman–Crippen LogP) is 4.32. The highest BCUT2D eigenvalue weighted by Crippen LogP contribution is 2.40. The molecule has 0 saturated heterocycles. The summed E-state index contributed by atoms with van der Waals surface area (Å²) in [5.74, 6) is 0.435. The van der Waals surface area contributed by atoms with Crippen LogP contribution in [0.15, 0.2) is 21.6 Å². The average molecular weight is 411 g/mol. The van der Waals surface area contributed by atoms with Crippen molar-refractivity contribution in [2.75, 3.05) is 0 Å². The molecule has 3 rings (SSSR count). The number of carbonyl (C=O) groups is 1. The SMILES string of the molecule is CCCCC1=NC2(CCCC2)C(=O)N1Cc1cc(CO)c(Br)cc1F. The minimum absolute atomic E-state index is 0.0176. The van der Waals surface area contributed by atoms with E-state index in [9.17, 15) is 14.3 Å². The van der Waals surface area contributed by atoms with Crippen LogP contribution in [0.4, 0.5) is 4.39 Å². The van der Waals surface area contributed by atoms with Gasteiger partial charge in [-0.2, -0.15) is 0 Å². The molecule has 0 aromatic heterocycles. The summed E-state index contributed by atoms with van der Waals surface area (Å²) in [5.41, 5.74) is 0.430. The summed E-state index contributed by atoms with van der Waals surface area (Å²) < 4.78 is 14.9. The van der Waals surface area contributed by atoms with Crippen LogP contribution in [0.2, 0.25) is 0 Å². The smallest absolute Gasteiger partial charge is 0.256 e. The van der Waals surface area contributed by atoms with Gasteiger partial charge in [-0.25, -0.2) is 4.39 Å². The summed E-state index contributed by atoms with van der Waals surface area (Å²) in [7, 11) is 0. The van der Waals surface area contributed by atoms with Crippen LogP contribution in [0.3, 0.4) is 0 Å². The molecule has 2 aliphatic rings. The molecule has 1 spiro atoms. The molecule has 1 aromatic carbocycles. The first-order chi connectivity index (χ1) is 12.0. The molecule has 0 unspecified atom stereocenters. The van der Waals surface area contributed by atoms with E-state index in [0.717, 1.165) is 50.8 Å². The predicted molar refractivity (Wildman–Crippen MR) is 98.7 cm³/mol. The Morgan fingerprint density at radius 2 is 2.04 bits per heavy atom. The second-order valence-corrected chi connectivity index (χ2v) is 7.81. The third-order valence-corrected chi connectivity index (χ3v) is 5.93. The molecule has 0 radical (unpaired) electrons. The van der Waals surface area contributed by atoms with Gasteiger partial charge in [0.05, 0.1) is 13.2 Å². The molecule has 136 valence electrons. The molecule has 6 heteroatoms. The van der Waals surface area contributed by atoms with Gasteiger partial charge < -0.3 is 5.11 Å². The Bertz CT molecular complexity index is 699. The largest absolute Gasteiger partial charge is 0.392 e. The van der Waals surface area contributed by atoms with Crippen LogP contribution in [0.25, 0.3) is 0 Å². The maximum Gasteiger partial charge on any atom is 0.256 e. The van der Waals surface area contributed by atoms with Gasteiger partial charge in [-0.3, -0.25) is 14.7 Å². The summed E-state index contributed by atoms with van der Waals surface area (Å²) >= 11 is 3.26. The highest BCUT2D eigenvalue weighted by atomic mass is 79.9. The monoisotopic (exact) mass is 410 g/mol. The van der Waals surface area contributed by atoms with E-state index in [-0.39, 0.29) is 24.9 Å². The van der Waals surface area contributed by atoms with Gasteiger partial charge in [0.1, 0.15) is 17.2 Å². The molecule has 1 heterocycles. The van der Waals surface area contributed by atoms with Gasteiger partial charge in [0, 0.05) is 16.5 Å². The lowest BCUT2D eigenvalue weighted by atomic mass is 9.98. The van der Waals surface area contributed by atoms with Crippen molar-refractivity contribution in [3.8, 4) is 0 Å². The number of benzene rings is 1. The van der Waals surface area contributed by atoms with Crippen molar-refractivity contribution in [3.63, 3.8) is 0 Å². The summed E-state index contributed by atoms with van der Waals surface area (Å²) in [6, 6.07) is 2.99. The second kappa shape index (κ2) is 7.54. The summed E-state index contributed by atoms with van der Waals surface area (Å²) in [6.45, 7) is 2.10.